The summed E-state index contributed by atoms with van der Waals surface area (Å²) in [4.78, 5) is 0. The van der Waals surface area contributed by atoms with Gasteiger partial charge in [0.2, 0.25) is 0 Å². The summed E-state index contributed by atoms with van der Waals surface area (Å²) < 4.78 is 18.7. The molecule has 0 unspecified atom stereocenters. The topological polar surface area (TPSA) is 35.2 Å². The first-order chi connectivity index (χ1) is 8.26. The van der Waals surface area contributed by atoms with Gasteiger partial charge in [0.25, 0.3) is 0 Å². The fraction of sp³-hybridized carbons (Fsp3) is 0.429. The van der Waals surface area contributed by atoms with Crippen LogP contribution in [0.15, 0.2) is 18.2 Å². The van der Waals surface area contributed by atoms with Crippen LogP contribution in [0.4, 0.5) is 4.39 Å². The Morgan fingerprint density at radius 3 is 2.88 bits per heavy atom. The van der Waals surface area contributed by atoms with Crippen molar-refractivity contribution in [2.45, 2.75) is 26.4 Å². The Balaban J connectivity index is 2.62. The van der Waals surface area contributed by atoms with E-state index in [0.29, 0.717) is 18.8 Å². The van der Waals surface area contributed by atoms with Crippen molar-refractivity contribution in [2.24, 2.45) is 5.73 Å². The Morgan fingerprint density at radius 1 is 1.35 bits per heavy atom. The molecule has 0 amide bonds. The van der Waals surface area contributed by atoms with Gasteiger partial charge in [-0.1, -0.05) is 25.2 Å². The van der Waals surface area contributed by atoms with Crippen LogP contribution in [-0.4, -0.2) is 13.2 Å². The predicted molar refractivity (Wildman–Crippen MR) is 66.9 cm³/mol. The highest BCUT2D eigenvalue weighted by atomic mass is 19.1. The molecule has 0 heterocycles. The summed E-state index contributed by atoms with van der Waals surface area (Å²) >= 11 is 0. The largest absolute Gasteiger partial charge is 0.377 e. The number of benzene rings is 1. The molecular formula is C14H18FNO. The molecule has 0 aliphatic carbocycles. The standard InChI is InChI=1S/C14H18FNO/c1-2-3-7-17-11-13-8-12(5-4-6-16)9-14(15)10-13/h8-10H,2-3,6-7,11,16H2,1H3. The molecule has 2 N–H and O–H groups in total. The second-order valence-corrected chi connectivity index (χ2v) is 3.76. The predicted octanol–water partition coefficient (Wildman–Crippen LogP) is 2.45. The molecule has 0 aliphatic heterocycles. The molecule has 3 heteroatoms. The van der Waals surface area contributed by atoms with E-state index >= 15 is 0 Å². The zero-order chi connectivity index (χ0) is 12.5. The molecule has 1 aromatic carbocycles. The average molecular weight is 235 g/mol. The lowest BCUT2D eigenvalue weighted by Gasteiger charge is -2.04. The van der Waals surface area contributed by atoms with Crippen molar-refractivity contribution in [3.8, 4) is 11.8 Å². The van der Waals surface area contributed by atoms with Crippen LogP contribution in [0.2, 0.25) is 0 Å². The van der Waals surface area contributed by atoms with Gasteiger partial charge in [0, 0.05) is 12.2 Å². The Labute approximate surface area is 102 Å². The van der Waals surface area contributed by atoms with Gasteiger partial charge in [0.1, 0.15) is 5.82 Å². The number of hydrogen-bond acceptors (Lipinski definition) is 2. The molecule has 1 rings (SSSR count). The molecule has 0 bridgehead atoms. The van der Waals surface area contributed by atoms with Crippen LogP contribution in [0.5, 0.6) is 0 Å². The summed E-state index contributed by atoms with van der Waals surface area (Å²) in [7, 11) is 0. The minimum Gasteiger partial charge on any atom is -0.377 e. The zero-order valence-corrected chi connectivity index (χ0v) is 10.1. The highest BCUT2D eigenvalue weighted by molar-refractivity contribution is 5.37. The van der Waals surface area contributed by atoms with E-state index in [4.69, 9.17) is 10.5 Å². The minimum atomic E-state index is -0.289. The number of ether oxygens (including phenoxy) is 1. The first-order valence-electron chi connectivity index (χ1n) is 5.82. The van der Waals surface area contributed by atoms with Crippen LogP contribution in [0, 0.1) is 17.7 Å². The second kappa shape index (κ2) is 7.83. The maximum atomic E-state index is 13.3. The number of rotatable bonds is 5. The zero-order valence-electron chi connectivity index (χ0n) is 10.1. The third kappa shape index (κ3) is 5.48. The van der Waals surface area contributed by atoms with Crippen molar-refractivity contribution < 1.29 is 9.13 Å². The van der Waals surface area contributed by atoms with Gasteiger partial charge in [-0.25, -0.2) is 4.39 Å². The lowest BCUT2D eigenvalue weighted by atomic mass is 10.1. The van der Waals surface area contributed by atoms with Gasteiger partial charge in [-0.3, -0.25) is 0 Å². The van der Waals surface area contributed by atoms with Crippen molar-refractivity contribution in [2.75, 3.05) is 13.2 Å². The Morgan fingerprint density at radius 2 is 2.18 bits per heavy atom. The highest BCUT2D eigenvalue weighted by Crippen LogP contribution is 2.10. The summed E-state index contributed by atoms with van der Waals surface area (Å²) in [6.07, 6.45) is 2.12. The van der Waals surface area contributed by atoms with Crippen LogP contribution in [-0.2, 0) is 11.3 Å². The molecule has 92 valence electrons. The van der Waals surface area contributed by atoms with Crippen LogP contribution in [0.25, 0.3) is 0 Å². The Kier molecular flexibility index (Phi) is 6.31. The lowest BCUT2D eigenvalue weighted by Crippen LogP contribution is -1.97. The van der Waals surface area contributed by atoms with E-state index in [1.54, 1.807) is 0 Å². The first kappa shape index (κ1) is 13.7. The number of halogens is 1. The van der Waals surface area contributed by atoms with Gasteiger partial charge in [-0.15, -0.1) is 0 Å². The summed E-state index contributed by atoms with van der Waals surface area (Å²) in [6, 6.07) is 4.70. The minimum absolute atomic E-state index is 0.277. The van der Waals surface area contributed by atoms with Crippen molar-refractivity contribution in [1.29, 1.82) is 0 Å². The molecule has 0 spiro atoms. The van der Waals surface area contributed by atoms with Gasteiger partial charge in [0.15, 0.2) is 0 Å². The third-order valence-electron chi connectivity index (χ3n) is 2.20. The molecule has 0 radical (unpaired) electrons. The molecular weight excluding hydrogens is 217 g/mol. The van der Waals surface area contributed by atoms with Crippen molar-refractivity contribution in [3.05, 3.63) is 35.1 Å². The van der Waals surface area contributed by atoms with Gasteiger partial charge in [0.05, 0.1) is 13.2 Å². The van der Waals surface area contributed by atoms with Gasteiger partial charge < -0.3 is 10.5 Å². The Hall–Kier alpha value is -1.37. The van der Waals surface area contributed by atoms with E-state index < -0.39 is 0 Å². The summed E-state index contributed by atoms with van der Waals surface area (Å²) in [5.74, 6) is 5.23. The van der Waals surface area contributed by atoms with Gasteiger partial charge in [-0.2, -0.15) is 0 Å². The van der Waals surface area contributed by atoms with Crippen molar-refractivity contribution in [3.63, 3.8) is 0 Å². The highest BCUT2D eigenvalue weighted by Gasteiger charge is 1.99. The lowest BCUT2D eigenvalue weighted by molar-refractivity contribution is 0.118. The van der Waals surface area contributed by atoms with E-state index in [-0.39, 0.29) is 12.4 Å². The molecule has 17 heavy (non-hydrogen) atoms. The number of nitrogens with two attached hydrogens (primary N) is 1. The quantitative estimate of drug-likeness (QED) is 0.628. The van der Waals surface area contributed by atoms with Crippen LogP contribution >= 0.6 is 0 Å². The SMILES string of the molecule is CCCCOCc1cc(F)cc(C#CCN)c1. The van der Waals surface area contributed by atoms with E-state index in [2.05, 4.69) is 18.8 Å². The molecule has 2 nitrogen and oxygen atoms in total. The van der Waals surface area contributed by atoms with E-state index in [1.807, 2.05) is 6.07 Å². The van der Waals surface area contributed by atoms with Gasteiger partial charge in [-0.05, 0) is 30.2 Å². The normalized spacial score (nSPS) is 9.82. The molecule has 0 atom stereocenters. The fourth-order valence-corrected chi connectivity index (χ4v) is 1.40. The molecule has 0 aliphatic rings. The number of hydrogen-bond donors (Lipinski definition) is 1. The molecule has 0 fully saturated rings. The summed E-state index contributed by atoms with van der Waals surface area (Å²) in [6.45, 7) is 3.51. The second-order valence-electron chi connectivity index (χ2n) is 3.76. The van der Waals surface area contributed by atoms with Crippen LogP contribution < -0.4 is 5.73 Å². The first-order valence-corrected chi connectivity index (χ1v) is 5.82. The maximum Gasteiger partial charge on any atom is 0.124 e. The van der Waals surface area contributed by atoms with E-state index in [1.165, 1.54) is 12.1 Å². The van der Waals surface area contributed by atoms with E-state index in [9.17, 15) is 4.39 Å². The van der Waals surface area contributed by atoms with Gasteiger partial charge >= 0.3 is 0 Å². The number of unbranched alkanes of at least 4 members (excludes halogenated alkanes) is 1. The molecule has 0 saturated carbocycles. The smallest absolute Gasteiger partial charge is 0.124 e. The monoisotopic (exact) mass is 235 g/mol. The maximum absolute atomic E-state index is 13.3. The average Bonchev–Trinajstić information content (AvgIpc) is 2.31. The van der Waals surface area contributed by atoms with E-state index in [0.717, 1.165) is 18.4 Å². The molecule has 0 aromatic heterocycles. The van der Waals surface area contributed by atoms with Crippen molar-refractivity contribution in [1.82, 2.24) is 0 Å². The van der Waals surface area contributed by atoms with Crippen molar-refractivity contribution >= 4 is 0 Å². The van der Waals surface area contributed by atoms with Crippen LogP contribution in [0.3, 0.4) is 0 Å². The Bertz CT molecular complexity index is 406. The molecule has 0 saturated heterocycles. The van der Waals surface area contributed by atoms with Crippen LogP contribution in [0.1, 0.15) is 30.9 Å². The fourth-order valence-electron chi connectivity index (χ4n) is 1.40. The summed E-state index contributed by atoms with van der Waals surface area (Å²) in [5, 5.41) is 0. The molecule has 1 aromatic rings. The third-order valence-corrected chi connectivity index (χ3v) is 2.20. The summed E-state index contributed by atoms with van der Waals surface area (Å²) in [5.41, 5.74) is 6.72.